The van der Waals surface area contributed by atoms with Crippen molar-refractivity contribution in [3.05, 3.63) is 65.0 Å². The fraction of sp³-hybridized carbons (Fsp3) is 0.333. The number of thioether (sulfide) groups is 1. The molecule has 28 heavy (non-hydrogen) atoms. The number of carbonyl (C=O) groups excluding carboxylic acids is 1. The van der Waals surface area contributed by atoms with Gasteiger partial charge in [-0.3, -0.25) is 0 Å². The number of ether oxygens (including phenoxy) is 1. The number of carbonyl (C=O) groups is 1. The average molecular weight is 421 g/mol. The summed E-state index contributed by atoms with van der Waals surface area (Å²) < 4.78 is 17.9. The second-order valence-electron chi connectivity index (χ2n) is 6.11. The predicted molar refractivity (Wildman–Crippen MR) is 119 cm³/mol. The van der Waals surface area contributed by atoms with E-state index in [2.05, 4.69) is 10.6 Å². The van der Waals surface area contributed by atoms with Crippen molar-refractivity contribution in [2.45, 2.75) is 26.0 Å². The van der Waals surface area contributed by atoms with E-state index >= 15 is 0 Å². The highest BCUT2D eigenvalue weighted by molar-refractivity contribution is 7.98. The molecule has 0 aliphatic carbocycles. The molecule has 150 valence electrons. The maximum atomic E-state index is 12.9. The zero-order valence-corrected chi connectivity index (χ0v) is 17.7. The Hall–Kier alpha value is -2.12. The zero-order chi connectivity index (χ0) is 20.4. The Kier molecular flexibility index (Phi) is 9.23. The van der Waals surface area contributed by atoms with E-state index in [0.717, 1.165) is 41.3 Å². The van der Waals surface area contributed by atoms with Crippen molar-refractivity contribution in [1.29, 1.82) is 0 Å². The van der Waals surface area contributed by atoms with Gasteiger partial charge >= 0.3 is 5.97 Å². The molecule has 0 bridgehead atoms. The fourth-order valence-corrected chi connectivity index (χ4v) is 3.65. The Balaban J connectivity index is 1.70. The number of benzene rings is 2. The molecule has 0 fully saturated rings. The van der Waals surface area contributed by atoms with E-state index in [-0.39, 0.29) is 11.8 Å². The molecule has 0 aliphatic rings. The zero-order valence-electron chi connectivity index (χ0n) is 16.1. The fourth-order valence-electron chi connectivity index (χ4n) is 2.51. The first-order valence-electron chi connectivity index (χ1n) is 9.15. The quantitative estimate of drug-likeness (QED) is 0.341. The number of halogens is 1. The van der Waals surface area contributed by atoms with Crippen LogP contribution in [0.25, 0.3) is 0 Å². The first kappa shape index (κ1) is 22.2. The van der Waals surface area contributed by atoms with E-state index in [0.29, 0.717) is 17.3 Å². The molecule has 2 aromatic carbocycles. The van der Waals surface area contributed by atoms with Gasteiger partial charge in [-0.15, -0.1) is 0 Å². The maximum absolute atomic E-state index is 12.9. The molecule has 0 aromatic heterocycles. The molecular formula is C21H25FN2O2S2. The number of thiocarbonyl (C=S) groups is 1. The molecule has 2 aromatic rings. The molecule has 0 atom stereocenters. The predicted octanol–water partition coefficient (Wildman–Crippen LogP) is 4.92. The van der Waals surface area contributed by atoms with Crippen molar-refractivity contribution < 1.29 is 13.9 Å². The number of nitrogens with one attached hydrogen (secondary N) is 2. The summed E-state index contributed by atoms with van der Waals surface area (Å²) in [6.07, 6.45) is 0.954. The molecule has 0 aliphatic heterocycles. The van der Waals surface area contributed by atoms with Crippen LogP contribution < -0.4 is 10.6 Å². The van der Waals surface area contributed by atoms with Gasteiger partial charge in [-0.2, -0.15) is 11.8 Å². The molecule has 2 rings (SSSR count). The Morgan fingerprint density at radius 1 is 1.21 bits per heavy atom. The Bertz CT molecular complexity index is 797. The van der Waals surface area contributed by atoms with Crippen molar-refractivity contribution >= 4 is 40.7 Å². The molecule has 0 unspecified atom stereocenters. The van der Waals surface area contributed by atoms with Crippen LogP contribution in [0.4, 0.5) is 10.1 Å². The van der Waals surface area contributed by atoms with Gasteiger partial charge in [0.05, 0.1) is 12.2 Å². The Morgan fingerprint density at radius 3 is 2.68 bits per heavy atom. The lowest BCUT2D eigenvalue weighted by molar-refractivity contribution is 0.0525. The highest BCUT2D eigenvalue weighted by Gasteiger charge is 2.13. The molecular weight excluding hydrogens is 395 g/mol. The van der Waals surface area contributed by atoms with Gasteiger partial charge in [-0.1, -0.05) is 18.2 Å². The lowest BCUT2D eigenvalue weighted by Crippen LogP contribution is -2.30. The van der Waals surface area contributed by atoms with Gasteiger partial charge in [0.25, 0.3) is 0 Å². The van der Waals surface area contributed by atoms with E-state index in [1.54, 1.807) is 30.8 Å². The smallest absolute Gasteiger partial charge is 0.338 e. The van der Waals surface area contributed by atoms with Crippen LogP contribution in [0.5, 0.6) is 0 Å². The van der Waals surface area contributed by atoms with E-state index < -0.39 is 0 Å². The van der Waals surface area contributed by atoms with E-state index in [1.165, 1.54) is 12.1 Å². The standard InChI is InChI=1S/C21H25FN2O2S2/c1-3-26-20(25)18-6-4-7-19(15(18)2)24-21(27)23-12-5-13-28-14-16-8-10-17(22)11-9-16/h4,6-11H,3,5,12-14H2,1-2H3,(H2,23,24,27). The number of anilines is 1. The molecule has 0 spiro atoms. The van der Waals surface area contributed by atoms with Gasteiger partial charge in [-0.05, 0) is 73.6 Å². The molecule has 2 N–H and O–H groups in total. The first-order chi connectivity index (χ1) is 13.5. The van der Waals surface area contributed by atoms with Gasteiger partial charge in [0, 0.05) is 18.0 Å². The Morgan fingerprint density at radius 2 is 1.96 bits per heavy atom. The number of esters is 1. The van der Waals surface area contributed by atoms with Crippen LogP contribution in [0.1, 0.15) is 34.8 Å². The highest BCUT2D eigenvalue weighted by Crippen LogP contribution is 2.20. The van der Waals surface area contributed by atoms with Gasteiger partial charge in [0.15, 0.2) is 5.11 Å². The van der Waals surface area contributed by atoms with Crippen LogP contribution in [-0.2, 0) is 10.5 Å². The highest BCUT2D eigenvalue weighted by atomic mass is 32.2. The summed E-state index contributed by atoms with van der Waals surface area (Å²) in [5.74, 6) is 1.30. The summed E-state index contributed by atoms with van der Waals surface area (Å²) in [6.45, 7) is 4.74. The minimum Gasteiger partial charge on any atom is -0.462 e. The minimum absolute atomic E-state index is 0.206. The van der Waals surface area contributed by atoms with Crippen LogP contribution in [0, 0.1) is 12.7 Å². The molecule has 0 saturated carbocycles. The third kappa shape index (κ3) is 7.13. The normalized spacial score (nSPS) is 10.4. The third-order valence-corrected chi connectivity index (χ3v) is 5.37. The van der Waals surface area contributed by atoms with Crippen molar-refractivity contribution in [3.8, 4) is 0 Å². The van der Waals surface area contributed by atoms with Crippen molar-refractivity contribution in [3.63, 3.8) is 0 Å². The molecule has 4 nitrogen and oxygen atoms in total. The summed E-state index contributed by atoms with van der Waals surface area (Å²) in [7, 11) is 0. The van der Waals surface area contributed by atoms with Crippen molar-refractivity contribution in [2.24, 2.45) is 0 Å². The number of rotatable bonds is 9. The third-order valence-electron chi connectivity index (χ3n) is 4.01. The average Bonchev–Trinajstić information content (AvgIpc) is 2.67. The molecule has 0 saturated heterocycles. The summed E-state index contributed by atoms with van der Waals surface area (Å²) in [4.78, 5) is 12.0. The van der Waals surface area contributed by atoms with Crippen LogP contribution in [0.2, 0.25) is 0 Å². The van der Waals surface area contributed by atoms with Gasteiger partial charge in [0.2, 0.25) is 0 Å². The number of hydrogen-bond donors (Lipinski definition) is 2. The maximum Gasteiger partial charge on any atom is 0.338 e. The van der Waals surface area contributed by atoms with E-state index in [4.69, 9.17) is 17.0 Å². The largest absolute Gasteiger partial charge is 0.462 e. The van der Waals surface area contributed by atoms with Gasteiger partial charge in [-0.25, -0.2) is 9.18 Å². The topological polar surface area (TPSA) is 50.4 Å². The number of hydrogen-bond acceptors (Lipinski definition) is 4. The summed E-state index contributed by atoms with van der Waals surface area (Å²) in [5.41, 5.74) is 3.24. The van der Waals surface area contributed by atoms with Crippen LogP contribution in [0.3, 0.4) is 0 Å². The first-order valence-corrected chi connectivity index (χ1v) is 10.7. The minimum atomic E-state index is -0.333. The molecule has 0 heterocycles. The summed E-state index contributed by atoms with van der Waals surface area (Å²) in [5, 5.41) is 6.84. The van der Waals surface area contributed by atoms with Crippen LogP contribution in [-0.4, -0.2) is 30.0 Å². The Labute approximate surface area is 175 Å². The summed E-state index contributed by atoms with van der Waals surface area (Å²) >= 11 is 7.14. The molecule has 0 amide bonds. The van der Waals surface area contributed by atoms with Crippen molar-refractivity contribution in [2.75, 3.05) is 24.2 Å². The lowest BCUT2D eigenvalue weighted by atomic mass is 10.1. The van der Waals surface area contributed by atoms with E-state index in [1.807, 2.05) is 25.1 Å². The van der Waals surface area contributed by atoms with Crippen molar-refractivity contribution in [1.82, 2.24) is 5.32 Å². The molecule has 7 heteroatoms. The second kappa shape index (κ2) is 11.7. The van der Waals surface area contributed by atoms with Gasteiger partial charge in [0.1, 0.15) is 5.82 Å². The molecule has 0 radical (unpaired) electrons. The lowest BCUT2D eigenvalue weighted by Gasteiger charge is -2.14. The van der Waals surface area contributed by atoms with E-state index in [9.17, 15) is 9.18 Å². The van der Waals surface area contributed by atoms with Gasteiger partial charge < -0.3 is 15.4 Å². The second-order valence-corrected chi connectivity index (χ2v) is 7.63. The summed E-state index contributed by atoms with van der Waals surface area (Å²) in [6, 6.07) is 12.0. The SMILES string of the molecule is CCOC(=O)c1cccc(NC(=S)NCCCSCc2ccc(F)cc2)c1C. The van der Waals surface area contributed by atoms with Crippen LogP contribution >= 0.6 is 24.0 Å². The van der Waals surface area contributed by atoms with Crippen LogP contribution in [0.15, 0.2) is 42.5 Å². The monoisotopic (exact) mass is 420 g/mol.